The zero-order valence-corrected chi connectivity index (χ0v) is 27.2. The van der Waals surface area contributed by atoms with E-state index in [4.69, 9.17) is 18.9 Å². The van der Waals surface area contributed by atoms with E-state index in [1.807, 2.05) is 0 Å². The second-order valence-electron chi connectivity index (χ2n) is 10.5. The summed E-state index contributed by atoms with van der Waals surface area (Å²) < 4.78 is 18.4. The highest BCUT2D eigenvalue weighted by molar-refractivity contribution is 9.10. The fraction of sp³-hybridized carbons (Fsp3) is 0.739. The lowest BCUT2D eigenvalue weighted by atomic mass is 9.92. The van der Waals surface area contributed by atoms with Crippen molar-refractivity contribution in [2.75, 3.05) is 33.0 Å². The monoisotopic (exact) mass is 752 g/mol. The van der Waals surface area contributed by atoms with Crippen molar-refractivity contribution < 1.29 is 62.6 Å². The molecule has 13 nitrogen and oxygen atoms in total. The number of halogens is 3. The highest BCUT2D eigenvalue weighted by Gasteiger charge is 2.55. The fourth-order valence-corrected chi connectivity index (χ4v) is 3.05. The Hall–Kier alpha value is -1.46. The SMILES string of the molecule is CC(C)(Br)C(=O)OCC(COCC(=O)O[N+]1(O)C(=O)CCC1=O)(COC(=O)C(C)(C)Br)COC(=O)C(C)(C)Br. The van der Waals surface area contributed by atoms with E-state index in [-0.39, 0.29) is 12.8 Å². The molecular formula is C23H33Br3NO12+. The lowest BCUT2D eigenvalue weighted by molar-refractivity contribution is -1.12. The molecule has 0 aliphatic carbocycles. The van der Waals surface area contributed by atoms with Crippen LogP contribution in [-0.4, -0.2) is 91.7 Å². The average molecular weight is 755 g/mol. The Balaban J connectivity index is 3.16. The molecule has 0 aromatic heterocycles. The molecule has 1 fully saturated rings. The van der Waals surface area contributed by atoms with E-state index in [1.165, 1.54) is 0 Å². The average Bonchev–Trinajstić information content (AvgIpc) is 3.03. The second-order valence-corrected chi connectivity index (χ2v) is 16.4. The smallest absolute Gasteiger partial charge is 0.398 e. The molecule has 0 spiro atoms. The van der Waals surface area contributed by atoms with Gasteiger partial charge in [0, 0.05) is 0 Å². The first-order valence-electron chi connectivity index (χ1n) is 11.6. The quantitative estimate of drug-likeness (QED) is 0.0689. The van der Waals surface area contributed by atoms with Crippen LogP contribution >= 0.6 is 47.8 Å². The number of carbonyl (C=O) groups excluding carboxylic acids is 6. The third-order valence-electron chi connectivity index (χ3n) is 5.08. The summed E-state index contributed by atoms with van der Waals surface area (Å²) in [5, 5.41) is 10.1. The molecule has 1 rings (SSSR count). The molecule has 222 valence electrons. The molecule has 1 heterocycles. The predicted octanol–water partition coefficient (Wildman–Crippen LogP) is 2.65. The lowest BCUT2D eigenvalue weighted by Crippen LogP contribution is -2.51. The highest BCUT2D eigenvalue weighted by Crippen LogP contribution is 2.28. The largest absolute Gasteiger partial charge is 0.464 e. The number of alkyl halides is 3. The molecule has 1 saturated heterocycles. The van der Waals surface area contributed by atoms with Crippen LogP contribution in [0.15, 0.2) is 0 Å². The van der Waals surface area contributed by atoms with Crippen LogP contribution in [0.4, 0.5) is 0 Å². The molecule has 0 saturated carbocycles. The van der Waals surface area contributed by atoms with Crippen LogP contribution in [0, 0.1) is 5.41 Å². The van der Waals surface area contributed by atoms with E-state index in [2.05, 4.69) is 52.6 Å². The first-order valence-corrected chi connectivity index (χ1v) is 14.0. The van der Waals surface area contributed by atoms with Gasteiger partial charge in [-0.2, -0.15) is 5.21 Å². The summed E-state index contributed by atoms with van der Waals surface area (Å²) in [4.78, 5) is 75.8. The number of imide groups is 1. The number of rotatable bonds is 14. The van der Waals surface area contributed by atoms with Crippen LogP contribution in [0.25, 0.3) is 0 Å². The summed E-state index contributed by atoms with van der Waals surface area (Å²) in [5.41, 5.74) is -1.51. The van der Waals surface area contributed by atoms with Crippen LogP contribution in [0.5, 0.6) is 0 Å². The number of amides is 2. The van der Waals surface area contributed by atoms with Crippen LogP contribution < -0.4 is 0 Å². The minimum absolute atomic E-state index is 0.299. The van der Waals surface area contributed by atoms with Gasteiger partial charge in [-0.15, -0.1) is 0 Å². The van der Waals surface area contributed by atoms with Gasteiger partial charge in [-0.05, 0) is 41.5 Å². The summed E-state index contributed by atoms with van der Waals surface area (Å²) in [6.07, 6.45) is -0.598. The topological polar surface area (TPSA) is 169 Å². The Morgan fingerprint density at radius 1 is 0.718 bits per heavy atom. The minimum atomic E-state index is -2.12. The number of quaternary nitrogens is 1. The summed E-state index contributed by atoms with van der Waals surface area (Å²) in [5.74, 6) is -5.36. The molecule has 0 atom stereocenters. The van der Waals surface area contributed by atoms with E-state index in [1.54, 1.807) is 41.5 Å². The fourth-order valence-electron chi connectivity index (χ4n) is 2.70. The van der Waals surface area contributed by atoms with Crippen LogP contribution in [0.1, 0.15) is 54.4 Å². The van der Waals surface area contributed by atoms with Gasteiger partial charge in [0.1, 0.15) is 37.6 Å². The number of hydrogen-bond acceptors (Lipinski definition) is 12. The molecule has 39 heavy (non-hydrogen) atoms. The molecule has 0 radical (unpaired) electrons. The van der Waals surface area contributed by atoms with Crippen molar-refractivity contribution in [1.82, 2.24) is 0 Å². The van der Waals surface area contributed by atoms with Gasteiger partial charge in [0.15, 0.2) is 6.61 Å². The second kappa shape index (κ2) is 13.5. The minimum Gasteiger partial charge on any atom is -0.464 e. The summed E-state index contributed by atoms with van der Waals surface area (Å²) in [7, 11) is 0. The first-order chi connectivity index (χ1) is 17.5. The molecule has 0 bridgehead atoms. The summed E-state index contributed by atoms with van der Waals surface area (Å²) in [6.45, 7) is 6.47. The van der Waals surface area contributed by atoms with Crippen molar-refractivity contribution in [2.45, 2.75) is 67.4 Å². The van der Waals surface area contributed by atoms with Crippen molar-refractivity contribution in [3.05, 3.63) is 0 Å². The number of nitrogens with zero attached hydrogens (tertiary/aromatic N) is 1. The molecule has 0 aromatic rings. The zero-order chi connectivity index (χ0) is 30.4. The number of carbonyl (C=O) groups is 6. The van der Waals surface area contributed by atoms with E-state index in [0.717, 1.165) is 0 Å². The number of hydroxylamine groups is 4. The van der Waals surface area contributed by atoms with Gasteiger partial charge in [-0.3, -0.25) is 14.4 Å². The maximum absolute atomic E-state index is 12.5. The molecular weight excluding hydrogens is 722 g/mol. The number of ether oxygens (including phenoxy) is 4. The maximum atomic E-state index is 12.5. The van der Waals surface area contributed by atoms with Gasteiger partial charge >= 0.3 is 35.7 Å². The third kappa shape index (κ3) is 10.8. The molecule has 1 aliphatic heterocycles. The maximum Gasteiger partial charge on any atom is 0.398 e. The van der Waals surface area contributed by atoms with E-state index in [0.29, 0.717) is 0 Å². The van der Waals surface area contributed by atoms with Gasteiger partial charge < -0.3 is 18.9 Å². The Labute approximate surface area is 251 Å². The van der Waals surface area contributed by atoms with E-state index < -0.39 is 91.9 Å². The lowest BCUT2D eigenvalue weighted by Gasteiger charge is -2.34. The van der Waals surface area contributed by atoms with Gasteiger partial charge in [0.05, 0.1) is 24.9 Å². The Morgan fingerprint density at radius 2 is 1.05 bits per heavy atom. The van der Waals surface area contributed by atoms with Gasteiger partial charge in [0.25, 0.3) is 0 Å². The Bertz CT molecular complexity index is 888. The molecule has 1 aliphatic rings. The normalized spacial score (nSPS) is 16.1. The summed E-state index contributed by atoms with van der Waals surface area (Å²) in [6, 6.07) is 0. The van der Waals surface area contributed by atoms with Crippen molar-refractivity contribution in [2.24, 2.45) is 5.41 Å². The van der Waals surface area contributed by atoms with Gasteiger partial charge in [0.2, 0.25) is 0 Å². The van der Waals surface area contributed by atoms with Crippen LogP contribution in [0.3, 0.4) is 0 Å². The summed E-state index contributed by atoms with van der Waals surface area (Å²) >= 11 is 9.56. The standard InChI is InChI=1S/C23H33Br3NO12/c1-20(2,24)17(31)36-11-23(12-37-18(32)21(3,4)25,13-38-19(33)22(5,6)26)10-35-9-16(30)39-27(34)14(28)7-8-15(27)29/h34H,7-13H2,1-6H3/q+1. The first kappa shape index (κ1) is 35.6. The number of hydrogen-bond donors (Lipinski definition) is 1. The Morgan fingerprint density at radius 3 is 1.36 bits per heavy atom. The van der Waals surface area contributed by atoms with Crippen molar-refractivity contribution in [3.63, 3.8) is 0 Å². The molecule has 0 aromatic carbocycles. The zero-order valence-electron chi connectivity index (χ0n) is 22.5. The van der Waals surface area contributed by atoms with E-state index in [9.17, 15) is 34.0 Å². The molecule has 0 unspecified atom stereocenters. The van der Waals surface area contributed by atoms with E-state index >= 15 is 0 Å². The van der Waals surface area contributed by atoms with Crippen LogP contribution in [-0.2, 0) is 52.6 Å². The Kier molecular flexibility index (Phi) is 12.3. The van der Waals surface area contributed by atoms with Crippen molar-refractivity contribution in [1.29, 1.82) is 0 Å². The third-order valence-corrected chi connectivity index (χ3v) is 6.05. The van der Waals surface area contributed by atoms with Gasteiger partial charge in [-0.25, -0.2) is 19.2 Å². The molecule has 1 N–H and O–H groups in total. The molecule has 16 heteroatoms. The number of esters is 3. The molecule has 2 amide bonds. The highest BCUT2D eigenvalue weighted by atomic mass is 79.9. The predicted molar refractivity (Wildman–Crippen MR) is 143 cm³/mol. The van der Waals surface area contributed by atoms with Crippen molar-refractivity contribution >= 4 is 83.5 Å². The van der Waals surface area contributed by atoms with Crippen LogP contribution in [0.2, 0.25) is 0 Å². The van der Waals surface area contributed by atoms with Crippen molar-refractivity contribution in [3.8, 4) is 0 Å². The van der Waals surface area contributed by atoms with Gasteiger partial charge in [-0.1, -0.05) is 47.8 Å².